The van der Waals surface area contributed by atoms with Crippen LogP contribution in [-0.2, 0) is 9.53 Å². The number of ether oxygens (including phenoxy) is 1. The van der Waals surface area contributed by atoms with Crippen LogP contribution in [0.2, 0.25) is 0 Å². The summed E-state index contributed by atoms with van der Waals surface area (Å²) in [5.41, 5.74) is 4.56. The largest absolute Gasteiger partial charge is 0.378 e. The lowest BCUT2D eigenvalue weighted by molar-refractivity contribution is -0.113. The first-order valence-corrected chi connectivity index (χ1v) is 7.96. The van der Waals surface area contributed by atoms with E-state index in [2.05, 4.69) is 22.0 Å². The first kappa shape index (κ1) is 13.5. The van der Waals surface area contributed by atoms with Gasteiger partial charge in [-0.05, 0) is 11.6 Å². The van der Waals surface area contributed by atoms with Gasteiger partial charge in [-0.25, -0.2) is 4.99 Å². The fourth-order valence-corrected chi connectivity index (χ4v) is 3.88. The summed E-state index contributed by atoms with van der Waals surface area (Å²) in [6.45, 7) is 3.19. The maximum Gasteiger partial charge on any atom is 0.288 e. The molecule has 2 aromatic rings. The molecule has 116 valence electrons. The molecule has 0 N–H and O–H groups in total. The molecule has 3 aliphatic rings. The van der Waals surface area contributed by atoms with Crippen LogP contribution in [0.4, 0.5) is 5.69 Å². The molecule has 1 saturated heterocycles. The van der Waals surface area contributed by atoms with E-state index in [0.717, 1.165) is 48.2 Å². The lowest BCUT2D eigenvalue weighted by Gasteiger charge is -2.30. The molecule has 2 heterocycles. The Morgan fingerprint density at radius 2 is 1.96 bits per heavy atom. The quantitative estimate of drug-likeness (QED) is 0.810. The molecule has 1 fully saturated rings. The van der Waals surface area contributed by atoms with Crippen molar-refractivity contribution in [3.63, 3.8) is 0 Å². The van der Waals surface area contributed by atoms with Crippen LogP contribution in [0, 0.1) is 11.3 Å². The van der Waals surface area contributed by atoms with Gasteiger partial charge in [-0.3, -0.25) is 4.79 Å². The van der Waals surface area contributed by atoms with Gasteiger partial charge in [0.15, 0.2) is 0 Å². The van der Waals surface area contributed by atoms with Crippen molar-refractivity contribution in [2.24, 2.45) is 4.99 Å². The van der Waals surface area contributed by atoms with Crippen LogP contribution in [0.1, 0.15) is 11.1 Å². The lowest BCUT2D eigenvalue weighted by Crippen LogP contribution is -2.36. The molecule has 2 aromatic carbocycles. The number of rotatable bonds is 1. The minimum Gasteiger partial charge on any atom is -0.378 e. The fourth-order valence-electron chi connectivity index (χ4n) is 3.88. The molecule has 0 unspecified atom stereocenters. The Labute approximate surface area is 138 Å². The van der Waals surface area contributed by atoms with Gasteiger partial charge in [0, 0.05) is 40.7 Å². The number of amides is 1. The highest BCUT2D eigenvalue weighted by atomic mass is 16.5. The van der Waals surface area contributed by atoms with Crippen molar-refractivity contribution >= 4 is 33.7 Å². The standard InChI is InChI=1S/C19H13N3O2/c20-10-14-17-12-4-5-15(22-6-8-24-9-7-22)11-2-1-3-13(16(11)12)18(17)21-19(14)23/h1-5H,6-9H2. The number of fused-ring (bicyclic) bond motifs is 3. The van der Waals surface area contributed by atoms with E-state index in [-0.39, 0.29) is 5.57 Å². The number of carbonyl (C=O) groups excluding carboxylic acids is 1. The predicted molar refractivity (Wildman–Crippen MR) is 91.1 cm³/mol. The summed E-state index contributed by atoms with van der Waals surface area (Å²) in [5.74, 6) is -0.428. The molecule has 0 atom stereocenters. The van der Waals surface area contributed by atoms with Gasteiger partial charge in [0.05, 0.1) is 18.9 Å². The number of nitriles is 1. The topological polar surface area (TPSA) is 65.7 Å². The summed E-state index contributed by atoms with van der Waals surface area (Å²) < 4.78 is 5.45. The van der Waals surface area contributed by atoms with Crippen molar-refractivity contribution in [2.45, 2.75) is 0 Å². The van der Waals surface area contributed by atoms with Crippen LogP contribution in [0.15, 0.2) is 40.9 Å². The van der Waals surface area contributed by atoms with Gasteiger partial charge < -0.3 is 9.64 Å². The van der Waals surface area contributed by atoms with E-state index in [4.69, 9.17) is 4.74 Å². The molecule has 5 heteroatoms. The van der Waals surface area contributed by atoms with Crippen LogP contribution in [-0.4, -0.2) is 37.9 Å². The molecule has 0 radical (unpaired) electrons. The third-order valence-corrected chi connectivity index (χ3v) is 4.92. The molecule has 0 bridgehead atoms. The summed E-state index contributed by atoms with van der Waals surface area (Å²) in [6.07, 6.45) is 0. The van der Waals surface area contributed by atoms with Gasteiger partial charge in [0.2, 0.25) is 0 Å². The van der Waals surface area contributed by atoms with Crippen molar-refractivity contribution in [1.82, 2.24) is 0 Å². The van der Waals surface area contributed by atoms with Crippen molar-refractivity contribution in [3.05, 3.63) is 47.0 Å². The Bertz CT molecular complexity index is 1020. The van der Waals surface area contributed by atoms with Gasteiger partial charge in [-0.1, -0.05) is 24.3 Å². The molecule has 0 saturated carbocycles. The highest BCUT2D eigenvalue weighted by molar-refractivity contribution is 6.50. The summed E-state index contributed by atoms with van der Waals surface area (Å²) in [5, 5.41) is 11.6. The van der Waals surface area contributed by atoms with E-state index in [1.165, 1.54) is 5.69 Å². The highest BCUT2D eigenvalue weighted by Gasteiger charge is 2.36. The number of aliphatic imine (C=N–C) groups is 1. The number of benzene rings is 2. The fraction of sp³-hybridized carbons (Fsp3) is 0.211. The maximum absolute atomic E-state index is 12.0. The first-order valence-electron chi connectivity index (χ1n) is 7.96. The number of morpholine rings is 1. The Morgan fingerprint density at radius 1 is 1.12 bits per heavy atom. The second-order valence-corrected chi connectivity index (χ2v) is 6.09. The average Bonchev–Trinajstić information content (AvgIpc) is 3.11. The monoisotopic (exact) mass is 315 g/mol. The SMILES string of the molecule is N#CC1=C2C(=NC1=O)c1cccc3c(N4CCOCC4)ccc2c13. The van der Waals surface area contributed by atoms with Gasteiger partial charge in [-0.15, -0.1) is 0 Å². The van der Waals surface area contributed by atoms with E-state index in [9.17, 15) is 10.1 Å². The number of anilines is 1. The normalized spacial score (nSPS) is 18.9. The second kappa shape index (κ2) is 4.76. The molecule has 1 aliphatic carbocycles. The van der Waals surface area contributed by atoms with E-state index in [1.54, 1.807) is 0 Å². The van der Waals surface area contributed by atoms with Crippen LogP contribution in [0.3, 0.4) is 0 Å². The zero-order chi connectivity index (χ0) is 16.3. The minimum absolute atomic E-state index is 0.154. The third kappa shape index (κ3) is 1.61. The predicted octanol–water partition coefficient (Wildman–Crippen LogP) is 2.30. The zero-order valence-electron chi connectivity index (χ0n) is 12.9. The van der Waals surface area contributed by atoms with Gasteiger partial charge in [-0.2, -0.15) is 5.26 Å². The summed E-state index contributed by atoms with van der Waals surface area (Å²) in [6, 6.07) is 12.2. The van der Waals surface area contributed by atoms with Crippen molar-refractivity contribution in [2.75, 3.05) is 31.2 Å². The molecular formula is C19H13N3O2. The van der Waals surface area contributed by atoms with E-state index in [1.807, 2.05) is 24.3 Å². The summed E-state index contributed by atoms with van der Waals surface area (Å²) >= 11 is 0. The van der Waals surface area contributed by atoms with Gasteiger partial charge >= 0.3 is 0 Å². The molecule has 0 aromatic heterocycles. The number of carbonyl (C=O) groups is 1. The van der Waals surface area contributed by atoms with Crippen molar-refractivity contribution in [3.8, 4) is 6.07 Å². The average molecular weight is 315 g/mol. The van der Waals surface area contributed by atoms with Crippen molar-refractivity contribution < 1.29 is 9.53 Å². The van der Waals surface area contributed by atoms with E-state index in [0.29, 0.717) is 11.3 Å². The molecule has 5 rings (SSSR count). The van der Waals surface area contributed by atoms with Crippen LogP contribution in [0.25, 0.3) is 16.3 Å². The molecular weight excluding hydrogens is 302 g/mol. The van der Waals surface area contributed by atoms with Crippen LogP contribution < -0.4 is 4.90 Å². The smallest absolute Gasteiger partial charge is 0.288 e. The highest BCUT2D eigenvalue weighted by Crippen LogP contribution is 2.45. The summed E-state index contributed by atoms with van der Waals surface area (Å²) in [7, 11) is 0. The maximum atomic E-state index is 12.0. The lowest BCUT2D eigenvalue weighted by atomic mass is 9.99. The van der Waals surface area contributed by atoms with Crippen LogP contribution >= 0.6 is 0 Å². The third-order valence-electron chi connectivity index (χ3n) is 4.92. The van der Waals surface area contributed by atoms with E-state index >= 15 is 0 Å². The molecule has 24 heavy (non-hydrogen) atoms. The molecule has 1 amide bonds. The Kier molecular flexibility index (Phi) is 2.67. The Morgan fingerprint density at radius 3 is 2.75 bits per heavy atom. The van der Waals surface area contributed by atoms with Crippen molar-refractivity contribution in [1.29, 1.82) is 5.26 Å². The molecule has 5 nitrogen and oxygen atoms in total. The number of hydrogen-bond acceptors (Lipinski definition) is 4. The number of hydrogen-bond donors (Lipinski definition) is 0. The second-order valence-electron chi connectivity index (χ2n) is 6.09. The van der Waals surface area contributed by atoms with Crippen LogP contribution in [0.5, 0.6) is 0 Å². The summed E-state index contributed by atoms with van der Waals surface area (Å²) in [4.78, 5) is 18.4. The minimum atomic E-state index is -0.428. The van der Waals surface area contributed by atoms with E-state index < -0.39 is 5.91 Å². The van der Waals surface area contributed by atoms with Gasteiger partial charge in [0.25, 0.3) is 5.91 Å². The molecule has 2 aliphatic heterocycles. The Hall–Kier alpha value is -2.97. The van der Waals surface area contributed by atoms with Gasteiger partial charge in [0.1, 0.15) is 11.6 Å². The molecule has 0 spiro atoms. The number of allylic oxidation sites excluding steroid dienone is 1. The number of nitrogens with zero attached hydrogens (tertiary/aromatic N) is 3. The zero-order valence-corrected chi connectivity index (χ0v) is 12.9. The Balaban J connectivity index is 1.80. The first-order chi connectivity index (χ1) is 11.8.